The summed E-state index contributed by atoms with van der Waals surface area (Å²) >= 11 is 12.4. The van der Waals surface area contributed by atoms with Crippen LogP contribution in [-0.4, -0.2) is 35.1 Å². The lowest BCUT2D eigenvalue weighted by molar-refractivity contribution is -0.117. The van der Waals surface area contributed by atoms with Crippen LogP contribution in [0.3, 0.4) is 0 Å². The molecule has 4 rings (SSSR count). The maximum absolute atomic E-state index is 12.7. The molecule has 1 atom stereocenters. The van der Waals surface area contributed by atoms with Gasteiger partial charge in [0.05, 0.1) is 34.3 Å². The van der Waals surface area contributed by atoms with Crippen LogP contribution in [0.2, 0.25) is 10.0 Å². The number of cyclic esters (lactones) is 1. The molecule has 0 spiro atoms. The Balaban J connectivity index is 1.49. The van der Waals surface area contributed by atoms with E-state index in [2.05, 4.69) is 15.3 Å². The molecule has 2 aromatic carbocycles. The summed E-state index contributed by atoms with van der Waals surface area (Å²) in [5.74, 6) is -0.215. The van der Waals surface area contributed by atoms with Crippen LogP contribution in [0.1, 0.15) is 31.5 Å². The van der Waals surface area contributed by atoms with Crippen molar-refractivity contribution in [2.24, 2.45) is 0 Å². The van der Waals surface area contributed by atoms with Crippen LogP contribution in [0.25, 0.3) is 11.0 Å². The molecule has 9 heteroatoms. The maximum atomic E-state index is 12.7. The highest BCUT2D eigenvalue weighted by atomic mass is 35.5. The van der Waals surface area contributed by atoms with Crippen molar-refractivity contribution in [2.45, 2.75) is 25.7 Å². The molecule has 30 heavy (non-hydrogen) atoms. The summed E-state index contributed by atoms with van der Waals surface area (Å²) in [7, 11) is 0. The van der Waals surface area contributed by atoms with Gasteiger partial charge < -0.3 is 15.0 Å². The zero-order valence-electron chi connectivity index (χ0n) is 16.2. The van der Waals surface area contributed by atoms with Gasteiger partial charge in [0.1, 0.15) is 5.82 Å². The summed E-state index contributed by atoms with van der Waals surface area (Å²) < 4.78 is 5.17. The van der Waals surface area contributed by atoms with E-state index in [1.165, 1.54) is 4.90 Å². The molecule has 2 heterocycles. The van der Waals surface area contributed by atoms with E-state index in [9.17, 15) is 9.59 Å². The Morgan fingerprint density at radius 3 is 2.87 bits per heavy atom. The number of H-pyrrole nitrogens is 1. The molecule has 1 aromatic heterocycles. The number of hydrogen-bond acceptors (Lipinski definition) is 4. The van der Waals surface area contributed by atoms with Crippen molar-refractivity contribution in [3.05, 3.63) is 52.3 Å². The zero-order valence-corrected chi connectivity index (χ0v) is 17.8. The molecule has 0 bridgehead atoms. The lowest BCUT2D eigenvalue weighted by Gasteiger charge is -2.21. The fourth-order valence-corrected chi connectivity index (χ4v) is 3.76. The molecular weight excluding hydrogens is 427 g/mol. The first kappa shape index (κ1) is 20.5. The van der Waals surface area contributed by atoms with Crippen LogP contribution >= 0.6 is 23.2 Å². The molecule has 1 aliphatic rings. The van der Waals surface area contributed by atoms with Gasteiger partial charge in [0.25, 0.3) is 0 Å². The van der Waals surface area contributed by atoms with Crippen LogP contribution < -0.4 is 10.2 Å². The minimum absolute atomic E-state index is 0.238. The summed E-state index contributed by atoms with van der Waals surface area (Å²) in [5, 5.41) is 3.80. The van der Waals surface area contributed by atoms with Gasteiger partial charge in [0, 0.05) is 17.3 Å². The minimum Gasteiger partial charge on any atom is -0.449 e. The number of ether oxygens (including phenoxy) is 1. The van der Waals surface area contributed by atoms with E-state index in [-0.39, 0.29) is 5.91 Å². The SMILES string of the molecule is CC(C(=O)Nc1ccc(N2CCCCOC2=O)c(Cl)c1)c1nc2ccc(Cl)cc2[nH]1. The first-order chi connectivity index (χ1) is 14.4. The van der Waals surface area contributed by atoms with E-state index in [1.807, 2.05) is 0 Å². The largest absolute Gasteiger partial charge is 0.449 e. The lowest BCUT2D eigenvalue weighted by atomic mass is 10.1. The van der Waals surface area contributed by atoms with E-state index in [4.69, 9.17) is 27.9 Å². The van der Waals surface area contributed by atoms with Gasteiger partial charge >= 0.3 is 6.09 Å². The molecule has 7 nitrogen and oxygen atoms in total. The molecule has 2 amide bonds. The van der Waals surface area contributed by atoms with Crippen LogP contribution in [-0.2, 0) is 9.53 Å². The molecule has 2 N–H and O–H groups in total. The van der Waals surface area contributed by atoms with Gasteiger partial charge in [-0.15, -0.1) is 0 Å². The van der Waals surface area contributed by atoms with Crippen molar-refractivity contribution in [3.8, 4) is 0 Å². The highest BCUT2D eigenvalue weighted by molar-refractivity contribution is 6.34. The number of nitrogens with one attached hydrogen (secondary N) is 2. The molecule has 1 fully saturated rings. The predicted octanol–water partition coefficient (Wildman–Crippen LogP) is 5.35. The summed E-state index contributed by atoms with van der Waals surface area (Å²) in [6.45, 7) is 2.71. The number of hydrogen-bond donors (Lipinski definition) is 2. The molecule has 1 aliphatic heterocycles. The quantitative estimate of drug-likeness (QED) is 0.565. The van der Waals surface area contributed by atoms with Gasteiger partial charge in [0.2, 0.25) is 5.91 Å². The summed E-state index contributed by atoms with van der Waals surface area (Å²) in [5.41, 5.74) is 2.60. The monoisotopic (exact) mass is 446 g/mol. The number of aromatic nitrogens is 2. The number of carbonyl (C=O) groups excluding carboxylic acids is 2. The van der Waals surface area contributed by atoms with E-state index in [0.29, 0.717) is 40.4 Å². The molecule has 156 valence electrons. The van der Waals surface area contributed by atoms with E-state index < -0.39 is 12.0 Å². The normalized spacial score (nSPS) is 15.6. The van der Waals surface area contributed by atoms with Gasteiger partial charge in [-0.25, -0.2) is 9.78 Å². The van der Waals surface area contributed by atoms with Crippen molar-refractivity contribution in [2.75, 3.05) is 23.4 Å². The molecule has 0 radical (unpaired) electrons. The third kappa shape index (κ3) is 4.22. The zero-order chi connectivity index (χ0) is 21.3. The predicted molar refractivity (Wildman–Crippen MR) is 118 cm³/mol. The topological polar surface area (TPSA) is 87.3 Å². The highest BCUT2D eigenvalue weighted by Crippen LogP contribution is 2.31. The van der Waals surface area contributed by atoms with Crippen molar-refractivity contribution in [1.29, 1.82) is 0 Å². The average Bonchev–Trinajstić information content (AvgIpc) is 3.02. The number of nitrogens with zero attached hydrogens (tertiary/aromatic N) is 2. The first-order valence-electron chi connectivity index (χ1n) is 9.62. The number of amides is 2. The van der Waals surface area contributed by atoms with Crippen molar-refractivity contribution in [1.82, 2.24) is 9.97 Å². The number of carbonyl (C=O) groups is 2. The molecular formula is C21H20Cl2N4O3. The second-order valence-electron chi connectivity index (χ2n) is 7.13. The molecule has 0 aliphatic carbocycles. The summed E-state index contributed by atoms with van der Waals surface area (Å²) in [6.07, 6.45) is 1.24. The summed E-state index contributed by atoms with van der Waals surface area (Å²) in [4.78, 5) is 34.0. The second kappa shape index (κ2) is 8.53. The fraction of sp³-hybridized carbons (Fsp3) is 0.286. The Morgan fingerprint density at radius 1 is 1.23 bits per heavy atom. The molecule has 0 saturated carbocycles. The number of anilines is 2. The Labute approximate surface area is 183 Å². The molecule has 3 aromatic rings. The standard InChI is InChI=1S/C21H20Cl2N4O3/c1-12(19-25-16-6-4-13(22)10-17(16)26-19)20(28)24-14-5-7-18(15(23)11-14)27-8-2-3-9-30-21(27)29/h4-7,10-12H,2-3,8-9H2,1H3,(H,24,28)(H,25,26). The number of benzene rings is 2. The Kier molecular flexibility index (Phi) is 5.83. The van der Waals surface area contributed by atoms with Gasteiger partial charge in [-0.05, 0) is 56.2 Å². The van der Waals surface area contributed by atoms with Crippen LogP contribution in [0.5, 0.6) is 0 Å². The third-order valence-corrected chi connectivity index (χ3v) is 5.53. The number of rotatable bonds is 4. The van der Waals surface area contributed by atoms with E-state index in [1.54, 1.807) is 43.3 Å². The number of fused-ring (bicyclic) bond motifs is 1. The average molecular weight is 447 g/mol. The van der Waals surface area contributed by atoms with Crippen molar-refractivity contribution < 1.29 is 14.3 Å². The van der Waals surface area contributed by atoms with Crippen molar-refractivity contribution in [3.63, 3.8) is 0 Å². The Hall–Kier alpha value is -2.77. The third-order valence-electron chi connectivity index (χ3n) is 4.99. The smallest absolute Gasteiger partial charge is 0.414 e. The van der Waals surface area contributed by atoms with Gasteiger partial charge in [-0.1, -0.05) is 23.2 Å². The van der Waals surface area contributed by atoms with Crippen LogP contribution in [0.4, 0.5) is 16.2 Å². The minimum atomic E-state index is -0.518. The first-order valence-corrected chi connectivity index (χ1v) is 10.4. The second-order valence-corrected chi connectivity index (χ2v) is 7.98. The molecule has 1 unspecified atom stereocenters. The van der Waals surface area contributed by atoms with E-state index in [0.717, 1.165) is 23.9 Å². The Morgan fingerprint density at radius 2 is 2.07 bits per heavy atom. The maximum Gasteiger partial charge on any atom is 0.414 e. The Bertz CT molecular complexity index is 1110. The lowest BCUT2D eigenvalue weighted by Crippen LogP contribution is -2.30. The highest BCUT2D eigenvalue weighted by Gasteiger charge is 2.23. The molecule has 1 saturated heterocycles. The van der Waals surface area contributed by atoms with Gasteiger partial charge in [0.15, 0.2) is 0 Å². The fourth-order valence-electron chi connectivity index (χ4n) is 3.30. The number of aromatic amines is 1. The summed E-state index contributed by atoms with van der Waals surface area (Å²) in [6, 6.07) is 10.4. The van der Waals surface area contributed by atoms with Gasteiger partial charge in [-0.2, -0.15) is 0 Å². The number of imidazole rings is 1. The van der Waals surface area contributed by atoms with Crippen LogP contribution in [0.15, 0.2) is 36.4 Å². The number of halogens is 2. The van der Waals surface area contributed by atoms with E-state index >= 15 is 0 Å². The van der Waals surface area contributed by atoms with Crippen LogP contribution in [0, 0.1) is 0 Å². The van der Waals surface area contributed by atoms with Crippen molar-refractivity contribution >= 4 is 57.6 Å². The van der Waals surface area contributed by atoms with Gasteiger partial charge in [-0.3, -0.25) is 9.69 Å².